The van der Waals surface area contributed by atoms with E-state index in [9.17, 15) is 0 Å². The lowest BCUT2D eigenvalue weighted by atomic mass is 9.99. The summed E-state index contributed by atoms with van der Waals surface area (Å²) in [6, 6.07) is 6.68. The summed E-state index contributed by atoms with van der Waals surface area (Å²) in [5.74, 6) is 0.851. The third kappa shape index (κ3) is 3.70. The molecule has 0 saturated heterocycles. The van der Waals surface area contributed by atoms with Crippen LogP contribution in [-0.2, 0) is 6.54 Å². The minimum Gasteiger partial charge on any atom is -0.310 e. The minimum absolute atomic E-state index is 0.595. The summed E-state index contributed by atoms with van der Waals surface area (Å²) in [6.45, 7) is 3.16. The Balaban J connectivity index is 1.88. The number of rotatable bonds is 4. The molecule has 1 atom stereocenters. The van der Waals surface area contributed by atoms with Gasteiger partial charge in [-0.25, -0.2) is 0 Å². The maximum atomic E-state index is 6.20. The molecule has 0 aromatic heterocycles. The SMILES string of the molecule is CC(NCc1ccc(Br)cc1Cl)C1CCCC1. The third-order valence-electron chi connectivity index (χ3n) is 3.74. The van der Waals surface area contributed by atoms with Gasteiger partial charge >= 0.3 is 0 Å². The van der Waals surface area contributed by atoms with E-state index in [-0.39, 0.29) is 0 Å². The van der Waals surface area contributed by atoms with E-state index >= 15 is 0 Å². The molecule has 0 radical (unpaired) electrons. The van der Waals surface area contributed by atoms with Crippen LogP contribution in [0, 0.1) is 5.92 Å². The topological polar surface area (TPSA) is 12.0 Å². The van der Waals surface area contributed by atoms with E-state index in [1.807, 2.05) is 12.1 Å². The second kappa shape index (κ2) is 6.21. The first-order valence-electron chi connectivity index (χ1n) is 6.34. The largest absolute Gasteiger partial charge is 0.310 e. The monoisotopic (exact) mass is 315 g/mol. The van der Waals surface area contributed by atoms with Gasteiger partial charge in [-0.1, -0.05) is 46.4 Å². The molecule has 17 heavy (non-hydrogen) atoms. The second-order valence-corrected chi connectivity index (χ2v) is 6.27. The fourth-order valence-electron chi connectivity index (χ4n) is 2.56. The molecule has 1 aliphatic carbocycles. The molecule has 1 nitrogen and oxygen atoms in total. The quantitative estimate of drug-likeness (QED) is 0.843. The van der Waals surface area contributed by atoms with E-state index in [4.69, 9.17) is 11.6 Å². The Kier molecular flexibility index (Phi) is 4.89. The van der Waals surface area contributed by atoms with Crippen LogP contribution in [0.4, 0.5) is 0 Å². The zero-order chi connectivity index (χ0) is 12.3. The van der Waals surface area contributed by atoms with E-state index in [0.717, 1.165) is 22.0 Å². The highest BCUT2D eigenvalue weighted by atomic mass is 79.9. The molecule has 0 bridgehead atoms. The van der Waals surface area contributed by atoms with Crippen molar-refractivity contribution in [3.8, 4) is 0 Å². The first-order valence-corrected chi connectivity index (χ1v) is 7.51. The molecule has 1 aromatic carbocycles. The van der Waals surface area contributed by atoms with Crippen molar-refractivity contribution >= 4 is 27.5 Å². The average Bonchev–Trinajstić information content (AvgIpc) is 2.81. The number of benzene rings is 1. The van der Waals surface area contributed by atoms with Gasteiger partial charge < -0.3 is 5.32 Å². The molecule has 1 aliphatic rings. The summed E-state index contributed by atoms with van der Waals surface area (Å²) in [5, 5.41) is 4.44. The van der Waals surface area contributed by atoms with E-state index in [0.29, 0.717) is 6.04 Å². The summed E-state index contributed by atoms with van der Waals surface area (Å²) >= 11 is 9.63. The van der Waals surface area contributed by atoms with Crippen LogP contribution < -0.4 is 5.32 Å². The van der Waals surface area contributed by atoms with Crippen LogP contribution in [0.5, 0.6) is 0 Å². The maximum Gasteiger partial charge on any atom is 0.0462 e. The van der Waals surface area contributed by atoms with Crippen molar-refractivity contribution in [2.75, 3.05) is 0 Å². The second-order valence-electron chi connectivity index (χ2n) is 4.95. The lowest BCUT2D eigenvalue weighted by molar-refractivity contribution is 0.380. The van der Waals surface area contributed by atoms with Crippen molar-refractivity contribution in [3.63, 3.8) is 0 Å². The Morgan fingerprint density at radius 1 is 1.41 bits per heavy atom. The van der Waals surface area contributed by atoms with Gasteiger partial charge in [0.05, 0.1) is 0 Å². The standard InChI is InChI=1S/C14H19BrClN/c1-10(11-4-2-3-5-11)17-9-12-6-7-13(15)8-14(12)16/h6-8,10-11,17H,2-5,9H2,1H3. The number of nitrogens with one attached hydrogen (secondary N) is 1. The lowest BCUT2D eigenvalue weighted by Crippen LogP contribution is -2.31. The summed E-state index contributed by atoms with van der Waals surface area (Å²) in [6.07, 6.45) is 5.55. The third-order valence-corrected chi connectivity index (χ3v) is 4.58. The Morgan fingerprint density at radius 2 is 2.12 bits per heavy atom. The molecule has 94 valence electrons. The predicted octanol–water partition coefficient (Wildman–Crippen LogP) is 4.77. The lowest BCUT2D eigenvalue weighted by Gasteiger charge is -2.20. The van der Waals surface area contributed by atoms with Crippen LogP contribution in [-0.4, -0.2) is 6.04 Å². The molecule has 0 aliphatic heterocycles. The average molecular weight is 317 g/mol. The Morgan fingerprint density at radius 3 is 2.76 bits per heavy atom. The van der Waals surface area contributed by atoms with Crippen molar-refractivity contribution in [1.82, 2.24) is 5.32 Å². The number of hydrogen-bond acceptors (Lipinski definition) is 1. The number of halogens is 2. The fraction of sp³-hybridized carbons (Fsp3) is 0.571. The maximum absolute atomic E-state index is 6.20. The highest BCUT2D eigenvalue weighted by Gasteiger charge is 2.20. The highest BCUT2D eigenvalue weighted by molar-refractivity contribution is 9.10. The van der Waals surface area contributed by atoms with Crippen molar-refractivity contribution < 1.29 is 0 Å². The van der Waals surface area contributed by atoms with Gasteiger partial charge in [-0.2, -0.15) is 0 Å². The van der Waals surface area contributed by atoms with Crippen molar-refractivity contribution in [2.45, 2.75) is 45.2 Å². The molecule has 1 N–H and O–H groups in total. The summed E-state index contributed by atoms with van der Waals surface area (Å²) in [5.41, 5.74) is 1.18. The minimum atomic E-state index is 0.595. The molecule has 3 heteroatoms. The van der Waals surface area contributed by atoms with Gasteiger partial charge in [0.25, 0.3) is 0 Å². The molecular weight excluding hydrogens is 298 g/mol. The fourth-order valence-corrected chi connectivity index (χ4v) is 3.30. The van der Waals surface area contributed by atoms with Gasteiger partial charge in [-0.15, -0.1) is 0 Å². The molecule has 0 heterocycles. The summed E-state index contributed by atoms with van der Waals surface area (Å²) < 4.78 is 1.04. The predicted molar refractivity (Wildman–Crippen MR) is 77.4 cm³/mol. The Bertz CT molecular complexity index is 374. The molecule has 1 fully saturated rings. The van der Waals surface area contributed by atoms with E-state index in [1.54, 1.807) is 0 Å². The van der Waals surface area contributed by atoms with Crippen LogP contribution in [0.1, 0.15) is 38.2 Å². The molecule has 2 rings (SSSR count). The van der Waals surface area contributed by atoms with Crippen molar-refractivity contribution in [1.29, 1.82) is 0 Å². The van der Waals surface area contributed by atoms with Gasteiger partial charge in [0.1, 0.15) is 0 Å². The van der Waals surface area contributed by atoms with Crippen LogP contribution in [0.15, 0.2) is 22.7 Å². The van der Waals surface area contributed by atoms with Crippen LogP contribution >= 0.6 is 27.5 Å². The van der Waals surface area contributed by atoms with Gasteiger partial charge in [0.2, 0.25) is 0 Å². The van der Waals surface area contributed by atoms with E-state index in [2.05, 4.69) is 34.2 Å². The molecular formula is C14H19BrClN. The summed E-state index contributed by atoms with van der Waals surface area (Å²) in [4.78, 5) is 0. The van der Waals surface area contributed by atoms with Gasteiger partial charge in [-0.3, -0.25) is 0 Å². The van der Waals surface area contributed by atoms with Crippen LogP contribution in [0.2, 0.25) is 5.02 Å². The van der Waals surface area contributed by atoms with Gasteiger partial charge in [-0.05, 0) is 43.4 Å². The molecule has 1 aromatic rings. The Labute approximate surface area is 117 Å². The first-order chi connectivity index (χ1) is 8.16. The van der Waals surface area contributed by atoms with Crippen LogP contribution in [0.3, 0.4) is 0 Å². The van der Waals surface area contributed by atoms with Gasteiger partial charge in [0.15, 0.2) is 0 Å². The number of hydrogen-bond donors (Lipinski definition) is 1. The molecule has 1 saturated carbocycles. The van der Waals surface area contributed by atoms with E-state index in [1.165, 1.54) is 31.2 Å². The van der Waals surface area contributed by atoms with Crippen molar-refractivity contribution in [2.24, 2.45) is 5.92 Å². The molecule has 0 spiro atoms. The summed E-state index contributed by atoms with van der Waals surface area (Å²) in [7, 11) is 0. The Hall–Kier alpha value is -0.0500. The van der Waals surface area contributed by atoms with Crippen molar-refractivity contribution in [3.05, 3.63) is 33.3 Å². The van der Waals surface area contributed by atoms with Crippen LogP contribution in [0.25, 0.3) is 0 Å². The van der Waals surface area contributed by atoms with Gasteiger partial charge in [0, 0.05) is 22.1 Å². The molecule has 0 amide bonds. The normalized spacial score (nSPS) is 18.5. The highest BCUT2D eigenvalue weighted by Crippen LogP contribution is 2.28. The van der Waals surface area contributed by atoms with E-state index < -0.39 is 0 Å². The zero-order valence-electron chi connectivity index (χ0n) is 10.2. The zero-order valence-corrected chi connectivity index (χ0v) is 12.5. The smallest absolute Gasteiger partial charge is 0.0462 e. The first kappa shape index (κ1) is 13.4. The molecule has 1 unspecified atom stereocenters.